The van der Waals surface area contributed by atoms with E-state index in [-0.39, 0.29) is 0 Å². The first kappa shape index (κ1) is 24.9. The molecule has 0 spiro atoms. The molecule has 0 radical (unpaired) electrons. The van der Waals surface area contributed by atoms with Crippen LogP contribution in [0.5, 0.6) is 5.75 Å². The largest absolute Gasteiger partial charge is 0.439 e. The molecule has 37 heavy (non-hydrogen) atoms. The van der Waals surface area contributed by atoms with Gasteiger partial charge in [-0.2, -0.15) is 4.57 Å². The molecule has 0 saturated carbocycles. The highest BCUT2D eigenvalue weighted by Crippen LogP contribution is 2.43. The van der Waals surface area contributed by atoms with E-state index in [4.69, 9.17) is 9.15 Å². The van der Waals surface area contributed by atoms with Crippen LogP contribution in [0.15, 0.2) is 52.3 Å². The van der Waals surface area contributed by atoms with Crippen LogP contribution in [0.25, 0.3) is 28.3 Å². The first-order chi connectivity index (χ1) is 17.5. The van der Waals surface area contributed by atoms with Crippen LogP contribution in [0.2, 0.25) is 0 Å². The SMILES string of the molecule is CC(=Cc1oc2cc(C)c(C)cc2[n+]1C)C=C1Oc2ccc(-c3c(C)c(C)c(C)c(C)c3C)cc2N1C. The lowest BCUT2D eigenvalue weighted by Gasteiger charge is -2.19. The van der Waals surface area contributed by atoms with E-state index in [9.17, 15) is 0 Å². The van der Waals surface area contributed by atoms with Gasteiger partial charge in [0.1, 0.15) is 7.05 Å². The molecule has 0 fully saturated rings. The Bertz CT molecular complexity index is 1620. The fourth-order valence-corrected chi connectivity index (χ4v) is 5.36. The molecular formula is C33H37N2O2+. The fourth-order valence-electron chi connectivity index (χ4n) is 5.36. The fraction of sp³-hybridized carbons (Fsp3) is 0.303. The van der Waals surface area contributed by atoms with Crippen molar-refractivity contribution in [3.05, 3.63) is 92.7 Å². The summed E-state index contributed by atoms with van der Waals surface area (Å²) in [4.78, 5) is 2.13. The zero-order chi connectivity index (χ0) is 26.8. The summed E-state index contributed by atoms with van der Waals surface area (Å²) in [6.07, 6.45) is 4.13. The molecule has 4 nitrogen and oxygen atoms in total. The molecule has 1 aromatic heterocycles. The van der Waals surface area contributed by atoms with Gasteiger partial charge in [-0.05, 0) is 129 Å². The summed E-state index contributed by atoms with van der Waals surface area (Å²) in [6.45, 7) is 17.5. The first-order valence-corrected chi connectivity index (χ1v) is 12.9. The number of rotatable bonds is 3. The average molecular weight is 494 g/mol. The number of allylic oxidation sites excluding steroid dienone is 2. The highest BCUT2D eigenvalue weighted by atomic mass is 16.5. The Labute approximate surface area is 220 Å². The van der Waals surface area contributed by atoms with Crippen molar-refractivity contribution < 1.29 is 13.7 Å². The number of aromatic nitrogens is 1. The average Bonchev–Trinajstić information content (AvgIpc) is 3.32. The van der Waals surface area contributed by atoms with E-state index in [0.717, 1.165) is 39.9 Å². The summed E-state index contributed by atoms with van der Waals surface area (Å²) in [5.74, 6) is 2.49. The molecule has 0 aliphatic carbocycles. The highest BCUT2D eigenvalue weighted by Gasteiger charge is 2.25. The van der Waals surface area contributed by atoms with Crippen LogP contribution in [-0.2, 0) is 7.05 Å². The van der Waals surface area contributed by atoms with Gasteiger partial charge < -0.3 is 14.1 Å². The van der Waals surface area contributed by atoms with Crippen molar-refractivity contribution >= 4 is 22.9 Å². The van der Waals surface area contributed by atoms with Gasteiger partial charge in [-0.3, -0.25) is 0 Å². The number of hydrogen-bond donors (Lipinski definition) is 0. The first-order valence-electron chi connectivity index (χ1n) is 12.9. The molecule has 4 aromatic rings. The van der Waals surface area contributed by atoms with Crippen LogP contribution in [0, 0.1) is 48.5 Å². The Morgan fingerprint density at radius 1 is 0.838 bits per heavy atom. The molecule has 5 rings (SSSR count). The predicted molar refractivity (Wildman–Crippen MR) is 153 cm³/mol. The number of anilines is 1. The summed E-state index contributed by atoms with van der Waals surface area (Å²) in [5.41, 5.74) is 16.0. The lowest BCUT2D eigenvalue weighted by Crippen LogP contribution is -2.29. The molecule has 3 aromatic carbocycles. The standard InChI is InChI=1S/C33H37N2O2/c1-18(14-32-34(9)27-15-19(2)20(3)16-30(27)37-32)13-31-35(10)28-17-26(11-12-29(28)36-31)33-24(7)22(5)21(4)23(6)25(33)8/h11-17H,1-10H3/q+1. The van der Waals surface area contributed by atoms with Crippen molar-refractivity contribution in [3.63, 3.8) is 0 Å². The topological polar surface area (TPSA) is 29.5 Å². The van der Waals surface area contributed by atoms with Gasteiger partial charge >= 0.3 is 5.89 Å². The maximum atomic E-state index is 6.27. The Balaban J connectivity index is 1.49. The third kappa shape index (κ3) is 4.05. The highest BCUT2D eigenvalue weighted by molar-refractivity contribution is 5.81. The monoisotopic (exact) mass is 493 g/mol. The van der Waals surface area contributed by atoms with Crippen molar-refractivity contribution in [2.45, 2.75) is 55.4 Å². The Hall–Kier alpha value is -3.79. The second-order valence-electron chi connectivity index (χ2n) is 10.6. The molecule has 0 bridgehead atoms. The Kier molecular flexibility index (Phi) is 6.02. The predicted octanol–water partition coefficient (Wildman–Crippen LogP) is 7.86. The summed E-state index contributed by atoms with van der Waals surface area (Å²) in [5, 5.41) is 0. The number of oxazole rings is 1. The van der Waals surface area contributed by atoms with Gasteiger partial charge in [0.15, 0.2) is 5.75 Å². The second-order valence-corrected chi connectivity index (χ2v) is 10.6. The van der Waals surface area contributed by atoms with E-state index < -0.39 is 0 Å². The molecule has 1 aliphatic heterocycles. The number of hydrogen-bond acceptors (Lipinski definition) is 3. The maximum absolute atomic E-state index is 6.27. The van der Waals surface area contributed by atoms with E-state index in [1.165, 1.54) is 50.1 Å². The van der Waals surface area contributed by atoms with Gasteiger partial charge in [-0.1, -0.05) is 6.07 Å². The number of ether oxygens (including phenoxy) is 1. The van der Waals surface area contributed by atoms with Crippen LogP contribution in [0.1, 0.15) is 51.8 Å². The Morgan fingerprint density at radius 2 is 1.46 bits per heavy atom. The number of aryl methyl sites for hydroxylation is 3. The van der Waals surface area contributed by atoms with E-state index in [1.54, 1.807) is 0 Å². The molecular weight excluding hydrogens is 456 g/mol. The molecule has 0 amide bonds. The van der Waals surface area contributed by atoms with Gasteiger partial charge in [0.05, 0.1) is 11.8 Å². The van der Waals surface area contributed by atoms with E-state index in [2.05, 4.69) is 114 Å². The van der Waals surface area contributed by atoms with E-state index in [1.807, 2.05) is 7.05 Å². The number of nitrogens with zero attached hydrogens (tertiary/aromatic N) is 2. The molecule has 0 saturated heterocycles. The van der Waals surface area contributed by atoms with Crippen LogP contribution in [0.3, 0.4) is 0 Å². The van der Waals surface area contributed by atoms with Crippen molar-refractivity contribution in [3.8, 4) is 16.9 Å². The van der Waals surface area contributed by atoms with Crippen molar-refractivity contribution in [2.24, 2.45) is 7.05 Å². The smallest absolute Gasteiger partial charge is 0.374 e. The second kappa shape index (κ2) is 8.95. The summed E-state index contributed by atoms with van der Waals surface area (Å²) < 4.78 is 14.5. The van der Waals surface area contributed by atoms with Crippen LogP contribution in [-0.4, -0.2) is 7.05 Å². The van der Waals surface area contributed by atoms with E-state index >= 15 is 0 Å². The zero-order valence-electron chi connectivity index (χ0n) is 23.8. The van der Waals surface area contributed by atoms with Crippen LogP contribution in [0.4, 0.5) is 5.69 Å². The lowest BCUT2D eigenvalue weighted by atomic mass is 9.86. The summed E-state index contributed by atoms with van der Waals surface area (Å²) in [6, 6.07) is 10.8. The van der Waals surface area contributed by atoms with Crippen LogP contribution < -0.4 is 14.2 Å². The number of benzene rings is 3. The van der Waals surface area contributed by atoms with Crippen molar-refractivity contribution in [1.82, 2.24) is 0 Å². The minimum Gasteiger partial charge on any atom is -0.439 e. The quantitative estimate of drug-likeness (QED) is 0.272. The summed E-state index contributed by atoms with van der Waals surface area (Å²) in [7, 11) is 4.10. The van der Waals surface area contributed by atoms with Crippen LogP contribution >= 0.6 is 0 Å². The van der Waals surface area contributed by atoms with Gasteiger partial charge in [-0.15, -0.1) is 0 Å². The van der Waals surface area contributed by atoms with E-state index in [0.29, 0.717) is 0 Å². The molecule has 0 unspecified atom stereocenters. The molecule has 190 valence electrons. The van der Waals surface area contributed by atoms with Gasteiger partial charge in [-0.25, -0.2) is 0 Å². The molecule has 0 N–H and O–H groups in total. The minimum atomic E-state index is 0.802. The van der Waals surface area contributed by atoms with Crippen molar-refractivity contribution in [2.75, 3.05) is 11.9 Å². The normalized spacial score (nSPS) is 14.6. The lowest BCUT2D eigenvalue weighted by molar-refractivity contribution is -0.652. The third-order valence-electron chi connectivity index (χ3n) is 8.34. The number of fused-ring (bicyclic) bond motifs is 2. The van der Waals surface area contributed by atoms with Gasteiger partial charge in [0.25, 0.3) is 5.52 Å². The Morgan fingerprint density at radius 3 is 2.14 bits per heavy atom. The van der Waals surface area contributed by atoms with Crippen molar-refractivity contribution in [1.29, 1.82) is 0 Å². The van der Waals surface area contributed by atoms with Gasteiger partial charge in [0.2, 0.25) is 11.5 Å². The van der Waals surface area contributed by atoms with Gasteiger partial charge in [0, 0.05) is 19.2 Å². The zero-order valence-corrected chi connectivity index (χ0v) is 23.8. The maximum Gasteiger partial charge on any atom is 0.374 e. The molecule has 0 atom stereocenters. The molecule has 4 heteroatoms. The minimum absolute atomic E-state index is 0.802. The third-order valence-corrected chi connectivity index (χ3v) is 8.34. The molecule has 1 aliphatic rings. The molecule has 2 heterocycles. The summed E-state index contributed by atoms with van der Waals surface area (Å²) >= 11 is 0.